The van der Waals surface area contributed by atoms with E-state index in [0.29, 0.717) is 5.71 Å². The lowest BCUT2D eigenvalue weighted by Gasteiger charge is -2.23. The average Bonchev–Trinajstić information content (AvgIpc) is 1.61. The van der Waals surface area contributed by atoms with Gasteiger partial charge in [-0.1, -0.05) is 0 Å². The Morgan fingerprint density at radius 2 is 2.50 bits per heavy atom. The molecule has 0 amide bonds. The summed E-state index contributed by atoms with van der Waals surface area (Å²) in [5.74, 6) is 0.149. The van der Waals surface area contributed by atoms with Crippen molar-refractivity contribution in [1.29, 1.82) is 5.41 Å². The number of hydrogen-bond donors (Lipinski definition) is 1. The highest BCUT2D eigenvalue weighted by Gasteiger charge is 2.27. The molecule has 0 aliphatic heterocycles. The van der Waals surface area contributed by atoms with Gasteiger partial charge in [0.2, 0.25) is 0 Å². The second-order valence-electron chi connectivity index (χ2n) is 2.23. The Hall–Kier alpha value is -0.660. The molecule has 44 valence electrons. The van der Waals surface area contributed by atoms with Gasteiger partial charge in [-0.15, -0.1) is 0 Å². The summed E-state index contributed by atoms with van der Waals surface area (Å²) < 4.78 is 0. The summed E-state index contributed by atoms with van der Waals surface area (Å²) in [7, 11) is 0. The first kappa shape index (κ1) is 5.48. The van der Waals surface area contributed by atoms with Crippen LogP contribution in [0.1, 0.15) is 19.8 Å². The van der Waals surface area contributed by atoms with E-state index in [9.17, 15) is 4.79 Å². The third-order valence-corrected chi connectivity index (χ3v) is 1.61. The molecule has 0 radical (unpaired) electrons. The van der Waals surface area contributed by atoms with E-state index in [0.717, 1.165) is 12.8 Å². The molecule has 1 aliphatic carbocycles. The van der Waals surface area contributed by atoms with Crippen LogP contribution < -0.4 is 0 Å². The van der Waals surface area contributed by atoms with Crippen LogP contribution in [0.2, 0.25) is 0 Å². The van der Waals surface area contributed by atoms with Crippen LogP contribution in [0.15, 0.2) is 0 Å². The Balaban J connectivity index is 2.49. The zero-order chi connectivity index (χ0) is 6.15. The van der Waals surface area contributed by atoms with Gasteiger partial charge in [0.05, 0.1) is 5.92 Å². The molecule has 1 atom stereocenters. The highest BCUT2D eigenvalue weighted by molar-refractivity contribution is 6.06. The number of rotatable bonds is 1. The average molecular weight is 111 g/mol. The van der Waals surface area contributed by atoms with Crippen LogP contribution in [0, 0.1) is 11.3 Å². The minimum absolute atomic E-state index is 0.00463. The Bertz CT molecular complexity index is 131. The SMILES string of the molecule is CC(=O)C1CCC1=N. The molecule has 1 aliphatic rings. The van der Waals surface area contributed by atoms with E-state index in [1.54, 1.807) is 6.92 Å². The highest BCUT2D eigenvalue weighted by atomic mass is 16.1. The maximum absolute atomic E-state index is 10.5. The van der Waals surface area contributed by atoms with Crippen LogP contribution in [0.5, 0.6) is 0 Å². The Labute approximate surface area is 48.4 Å². The molecule has 1 saturated carbocycles. The fraction of sp³-hybridized carbons (Fsp3) is 0.667. The summed E-state index contributed by atoms with van der Waals surface area (Å²) in [5.41, 5.74) is 0.623. The smallest absolute Gasteiger partial charge is 0.138 e. The van der Waals surface area contributed by atoms with Gasteiger partial charge in [-0.2, -0.15) is 0 Å². The fourth-order valence-corrected chi connectivity index (χ4v) is 0.882. The lowest BCUT2D eigenvalue weighted by Crippen LogP contribution is -2.30. The van der Waals surface area contributed by atoms with Crippen molar-refractivity contribution in [1.82, 2.24) is 0 Å². The largest absolute Gasteiger partial charge is 0.309 e. The minimum Gasteiger partial charge on any atom is -0.309 e. The third-order valence-electron chi connectivity index (χ3n) is 1.61. The topological polar surface area (TPSA) is 40.9 Å². The van der Waals surface area contributed by atoms with E-state index in [-0.39, 0.29) is 11.7 Å². The van der Waals surface area contributed by atoms with E-state index >= 15 is 0 Å². The van der Waals surface area contributed by atoms with Gasteiger partial charge in [0.15, 0.2) is 0 Å². The molecule has 0 aromatic rings. The molecular formula is C6H9NO. The van der Waals surface area contributed by atoms with Gasteiger partial charge in [0.25, 0.3) is 0 Å². The predicted octanol–water partition coefficient (Wildman–Crippen LogP) is 1.01. The lowest BCUT2D eigenvalue weighted by molar-refractivity contribution is -0.119. The van der Waals surface area contributed by atoms with Gasteiger partial charge >= 0.3 is 0 Å². The quantitative estimate of drug-likeness (QED) is 0.539. The highest BCUT2D eigenvalue weighted by Crippen LogP contribution is 2.22. The molecule has 2 heteroatoms. The maximum Gasteiger partial charge on any atom is 0.138 e. The number of Topliss-reactive ketones (excluding diaryl/α,β-unsaturated/α-hetero) is 1. The predicted molar refractivity (Wildman–Crippen MR) is 31.1 cm³/mol. The van der Waals surface area contributed by atoms with E-state index in [1.165, 1.54) is 0 Å². The van der Waals surface area contributed by atoms with Crippen molar-refractivity contribution in [2.45, 2.75) is 19.8 Å². The third kappa shape index (κ3) is 0.661. The van der Waals surface area contributed by atoms with Crippen LogP contribution in [0.25, 0.3) is 0 Å². The zero-order valence-electron chi connectivity index (χ0n) is 4.90. The van der Waals surface area contributed by atoms with E-state index in [2.05, 4.69) is 0 Å². The first-order valence-electron chi connectivity index (χ1n) is 2.79. The van der Waals surface area contributed by atoms with Gasteiger partial charge in [-0.25, -0.2) is 0 Å². The second kappa shape index (κ2) is 1.69. The summed E-state index contributed by atoms with van der Waals surface area (Å²) in [4.78, 5) is 10.5. The molecule has 1 unspecified atom stereocenters. The summed E-state index contributed by atoms with van der Waals surface area (Å²) in [5, 5.41) is 7.10. The molecule has 1 rings (SSSR count). The monoisotopic (exact) mass is 111 g/mol. The van der Waals surface area contributed by atoms with Gasteiger partial charge in [0.1, 0.15) is 5.78 Å². The van der Waals surface area contributed by atoms with Gasteiger partial charge in [-0.05, 0) is 19.8 Å². The summed E-state index contributed by atoms with van der Waals surface area (Å²) >= 11 is 0. The molecule has 0 heterocycles. The van der Waals surface area contributed by atoms with Crippen molar-refractivity contribution < 1.29 is 4.79 Å². The number of hydrogen-bond acceptors (Lipinski definition) is 2. The molecular weight excluding hydrogens is 102 g/mol. The van der Waals surface area contributed by atoms with Crippen molar-refractivity contribution in [2.24, 2.45) is 5.92 Å². The second-order valence-corrected chi connectivity index (χ2v) is 2.23. The number of nitrogens with one attached hydrogen (secondary N) is 1. The zero-order valence-corrected chi connectivity index (χ0v) is 4.90. The van der Waals surface area contributed by atoms with Crippen molar-refractivity contribution in [3.05, 3.63) is 0 Å². The normalized spacial score (nSPS) is 27.1. The summed E-state index contributed by atoms with van der Waals surface area (Å²) in [6, 6.07) is 0. The molecule has 1 fully saturated rings. The van der Waals surface area contributed by atoms with Gasteiger partial charge in [-0.3, -0.25) is 4.79 Å². The van der Waals surface area contributed by atoms with Crippen LogP contribution in [0.3, 0.4) is 0 Å². The maximum atomic E-state index is 10.5. The lowest BCUT2D eigenvalue weighted by atomic mass is 9.80. The van der Waals surface area contributed by atoms with Crippen molar-refractivity contribution in [2.75, 3.05) is 0 Å². The molecule has 0 bridgehead atoms. The van der Waals surface area contributed by atoms with Crippen LogP contribution in [-0.4, -0.2) is 11.5 Å². The Morgan fingerprint density at radius 1 is 1.88 bits per heavy atom. The van der Waals surface area contributed by atoms with Crippen molar-refractivity contribution in [3.8, 4) is 0 Å². The van der Waals surface area contributed by atoms with Crippen molar-refractivity contribution in [3.63, 3.8) is 0 Å². The molecule has 0 aromatic heterocycles. The summed E-state index contributed by atoms with van der Waals surface area (Å²) in [6.45, 7) is 1.55. The fourth-order valence-electron chi connectivity index (χ4n) is 0.882. The van der Waals surface area contributed by atoms with Crippen LogP contribution in [-0.2, 0) is 4.79 Å². The minimum atomic E-state index is -0.00463. The van der Waals surface area contributed by atoms with Crippen molar-refractivity contribution >= 4 is 11.5 Å². The first-order chi connectivity index (χ1) is 3.72. The molecule has 0 aromatic carbocycles. The molecule has 1 N–H and O–H groups in total. The molecule has 0 spiro atoms. The molecule has 8 heavy (non-hydrogen) atoms. The number of carbonyl (C=O) groups is 1. The standard InChI is InChI=1S/C6H9NO/c1-4(8)5-2-3-6(5)7/h5,7H,2-3H2,1H3. The Kier molecular flexibility index (Phi) is 1.16. The summed E-state index contributed by atoms with van der Waals surface area (Å²) in [6.07, 6.45) is 1.75. The Morgan fingerprint density at radius 3 is 2.50 bits per heavy atom. The number of carbonyl (C=O) groups excluding carboxylic acids is 1. The van der Waals surface area contributed by atoms with Gasteiger partial charge < -0.3 is 5.41 Å². The molecule has 2 nitrogen and oxygen atoms in total. The molecule has 0 saturated heterocycles. The van der Waals surface area contributed by atoms with E-state index in [1.807, 2.05) is 0 Å². The van der Waals surface area contributed by atoms with Crippen LogP contribution >= 0.6 is 0 Å². The number of ketones is 1. The van der Waals surface area contributed by atoms with E-state index in [4.69, 9.17) is 5.41 Å². The van der Waals surface area contributed by atoms with Crippen LogP contribution in [0.4, 0.5) is 0 Å². The van der Waals surface area contributed by atoms with Gasteiger partial charge in [0, 0.05) is 5.71 Å². The first-order valence-corrected chi connectivity index (χ1v) is 2.79. The van der Waals surface area contributed by atoms with E-state index < -0.39 is 0 Å².